The number of halogens is 2. The maximum Gasteiger partial charge on any atom is 0.266 e. The molecular weight excluding hydrogens is 489 g/mol. The predicted molar refractivity (Wildman–Crippen MR) is 137 cm³/mol. The fourth-order valence-corrected chi connectivity index (χ4v) is 3.27. The first-order valence-corrected chi connectivity index (χ1v) is 11.3. The van der Waals surface area contributed by atoms with E-state index in [-0.39, 0.29) is 12.2 Å². The Labute approximate surface area is 212 Å². The minimum absolute atomic E-state index is 0.0711. The molecule has 0 atom stereocenters. The van der Waals surface area contributed by atoms with Crippen LogP contribution >= 0.6 is 23.2 Å². The van der Waals surface area contributed by atoms with Crippen molar-refractivity contribution < 1.29 is 19.1 Å². The van der Waals surface area contributed by atoms with Crippen molar-refractivity contribution in [2.24, 2.45) is 0 Å². The van der Waals surface area contributed by atoms with Gasteiger partial charge in [-0.15, -0.1) is 0 Å². The Morgan fingerprint density at radius 3 is 2.46 bits per heavy atom. The van der Waals surface area contributed by atoms with Crippen molar-refractivity contribution in [2.45, 2.75) is 6.92 Å². The molecule has 3 aromatic rings. The molecule has 2 N–H and O–H groups in total. The van der Waals surface area contributed by atoms with E-state index in [1.165, 1.54) is 6.08 Å². The summed E-state index contributed by atoms with van der Waals surface area (Å²) in [7, 11) is 0. The molecule has 0 bridgehead atoms. The van der Waals surface area contributed by atoms with E-state index in [4.69, 9.17) is 32.7 Å². The fraction of sp³-hybridized carbons (Fsp3) is 0.115. The highest BCUT2D eigenvalue weighted by Crippen LogP contribution is 2.25. The number of rotatable bonds is 9. The van der Waals surface area contributed by atoms with Gasteiger partial charge in [0.25, 0.3) is 11.8 Å². The molecule has 0 radical (unpaired) electrons. The second-order valence-corrected chi connectivity index (χ2v) is 7.96. The quantitative estimate of drug-likeness (QED) is 0.274. The van der Waals surface area contributed by atoms with Gasteiger partial charge in [-0.25, -0.2) is 0 Å². The minimum Gasteiger partial charge on any atom is -0.494 e. The van der Waals surface area contributed by atoms with Crippen LogP contribution in [0.1, 0.15) is 12.5 Å². The van der Waals surface area contributed by atoms with Crippen LogP contribution in [0.3, 0.4) is 0 Å². The van der Waals surface area contributed by atoms with Crippen LogP contribution in [0.2, 0.25) is 10.0 Å². The van der Waals surface area contributed by atoms with Crippen LogP contribution in [-0.2, 0) is 9.59 Å². The monoisotopic (exact) mass is 509 g/mol. The van der Waals surface area contributed by atoms with Gasteiger partial charge in [0.15, 0.2) is 6.61 Å². The molecular formula is C26H21Cl2N3O4. The summed E-state index contributed by atoms with van der Waals surface area (Å²) in [5, 5.41) is 15.6. The van der Waals surface area contributed by atoms with Crippen molar-refractivity contribution in [1.82, 2.24) is 0 Å². The van der Waals surface area contributed by atoms with Crippen molar-refractivity contribution in [3.8, 4) is 17.6 Å². The molecule has 0 saturated heterocycles. The number of hydrogen-bond acceptors (Lipinski definition) is 5. The normalized spacial score (nSPS) is 10.7. The number of carbonyl (C=O) groups excluding carboxylic acids is 2. The number of nitrogens with one attached hydrogen (secondary N) is 2. The van der Waals surface area contributed by atoms with Crippen LogP contribution in [0.4, 0.5) is 11.4 Å². The van der Waals surface area contributed by atoms with Gasteiger partial charge in [-0.1, -0.05) is 41.4 Å². The van der Waals surface area contributed by atoms with Crippen LogP contribution < -0.4 is 20.1 Å². The van der Waals surface area contributed by atoms with E-state index in [0.717, 1.165) is 0 Å². The molecule has 0 aliphatic rings. The topological polar surface area (TPSA) is 100 Å². The predicted octanol–water partition coefficient (Wildman–Crippen LogP) is 5.96. The number of benzene rings is 3. The molecule has 7 nitrogen and oxygen atoms in total. The lowest BCUT2D eigenvalue weighted by atomic mass is 10.1. The van der Waals surface area contributed by atoms with E-state index in [2.05, 4.69) is 10.6 Å². The van der Waals surface area contributed by atoms with Gasteiger partial charge < -0.3 is 20.1 Å². The smallest absolute Gasteiger partial charge is 0.266 e. The second kappa shape index (κ2) is 12.5. The molecule has 0 unspecified atom stereocenters. The van der Waals surface area contributed by atoms with Crippen LogP contribution in [0.5, 0.6) is 11.5 Å². The molecule has 0 spiro atoms. The van der Waals surface area contributed by atoms with Crippen LogP contribution in [-0.4, -0.2) is 25.0 Å². The van der Waals surface area contributed by atoms with E-state index in [0.29, 0.717) is 45.1 Å². The number of hydrogen-bond donors (Lipinski definition) is 2. The number of anilines is 2. The summed E-state index contributed by atoms with van der Waals surface area (Å²) in [5.74, 6) is 0.103. The summed E-state index contributed by atoms with van der Waals surface area (Å²) in [6.07, 6.45) is 1.46. The van der Waals surface area contributed by atoms with Crippen molar-refractivity contribution in [3.63, 3.8) is 0 Å². The molecule has 0 fully saturated rings. The number of nitrogens with zero attached hydrogens (tertiary/aromatic N) is 1. The largest absolute Gasteiger partial charge is 0.494 e. The number of ether oxygens (including phenoxy) is 2. The average molecular weight is 510 g/mol. The van der Waals surface area contributed by atoms with Gasteiger partial charge in [-0.3, -0.25) is 9.59 Å². The molecule has 0 aliphatic carbocycles. The first kappa shape index (κ1) is 25.6. The van der Waals surface area contributed by atoms with Gasteiger partial charge >= 0.3 is 0 Å². The summed E-state index contributed by atoms with van der Waals surface area (Å²) in [6.45, 7) is 2.12. The number of carbonyl (C=O) groups is 2. The average Bonchev–Trinajstić information content (AvgIpc) is 2.84. The molecule has 35 heavy (non-hydrogen) atoms. The molecule has 3 aromatic carbocycles. The lowest BCUT2D eigenvalue weighted by Gasteiger charge is -2.09. The third-order valence-corrected chi connectivity index (χ3v) is 5.10. The molecule has 9 heteroatoms. The van der Waals surface area contributed by atoms with Crippen molar-refractivity contribution in [1.29, 1.82) is 5.26 Å². The van der Waals surface area contributed by atoms with Crippen LogP contribution in [0.25, 0.3) is 6.08 Å². The SMILES string of the molecule is CCOc1cccc(NC(=O)/C(C#N)=C/c2ccc(OCC(=O)Nc3cc(Cl)ccc3Cl)cc2)c1. The highest BCUT2D eigenvalue weighted by atomic mass is 35.5. The van der Waals surface area contributed by atoms with Gasteiger partial charge in [0, 0.05) is 16.8 Å². The Bertz CT molecular complexity index is 1280. The van der Waals surface area contributed by atoms with Crippen LogP contribution in [0.15, 0.2) is 72.3 Å². The van der Waals surface area contributed by atoms with E-state index < -0.39 is 11.8 Å². The number of amides is 2. The first-order valence-electron chi connectivity index (χ1n) is 10.5. The molecule has 178 valence electrons. The van der Waals surface area contributed by atoms with Gasteiger partial charge in [-0.2, -0.15) is 5.26 Å². The summed E-state index contributed by atoms with van der Waals surface area (Å²) >= 11 is 12.0. The highest BCUT2D eigenvalue weighted by molar-refractivity contribution is 6.35. The van der Waals surface area contributed by atoms with Crippen LogP contribution in [0, 0.1) is 11.3 Å². The molecule has 2 amide bonds. The van der Waals surface area contributed by atoms with E-state index in [9.17, 15) is 14.9 Å². The number of nitriles is 1. The molecule has 0 heterocycles. The van der Waals surface area contributed by atoms with Crippen molar-refractivity contribution in [3.05, 3.63) is 87.9 Å². The van der Waals surface area contributed by atoms with Crippen molar-refractivity contribution >= 4 is 52.5 Å². The lowest BCUT2D eigenvalue weighted by Crippen LogP contribution is -2.20. The molecule has 0 aromatic heterocycles. The summed E-state index contributed by atoms with van der Waals surface area (Å²) < 4.78 is 10.9. The second-order valence-electron chi connectivity index (χ2n) is 7.11. The zero-order valence-corrected chi connectivity index (χ0v) is 20.2. The Morgan fingerprint density at radius 1 is 0.971 bits per heavy atom. The van der Waals surface area contributed by atoms with E-state index in [1.807, 2.05) is 13.0 Å². The summed E-state index contributed by atoms with van der Waals surface area (Å²) in [5.41, 5.74) is 1.45. The zero-order chi connectivity index (χ0) is 25.2. The van der Waals surface area contributed by atoms with E-state index >= 15 is 0 Å². The molecule has 0 saturated carbocycles. The third kappa shape index (κ3) is 7.78. The van der Waals surface area contributed by atoms with Gasteiger partial charge in [-0.05, 0) is 61.0 Å². The highest BCUT2D eigenvalue weighted by Gasteiger charge is 2.11. The maximum atomic E-state index is 12.5. The van der Waals surface area contributed by atoms with Gasteiger partial charge in [0.2, 0.25) is 0 Å². The summed E-state index contributed by atoms with van der Waals surface area (Å²) in [4.78, 5) is 24.7. The maximum absolute atomic E-state index is 12.5. The Kier molecular flexibility index (Phi) is 9.13. The standard InChI is InChI=1S/C26H21Cl2N3O4/c1-2-34-22-5-3-4-20(14-22)30-26(33)18(15-29)12-17-6-9-21(10-7-17)35-16-25(32)31-24-13-19(27)8-11-23(24)28/h3-14H,2,16H2,1H3,(H,30,33)(H,31,32)/b18-12+. The Hall–Kier alpha value is -3.99. The lowest BCUT2D eigenvalue weighted by molar-refractivity contribution is -0.118. The van der Waals surface area contributed by atoms with Gasteiger partial charge in [0.05, 0.1) is 17.3 Å². The fourth-order valence-electron chi connectivity index (χ4n) is 2.93. The summed E-state index contributed by atoms with van der Waals surface area (Å²) in [6, 6.07) is 20.2. The Balaban J connectivity index is 1.58. The molecule has 0 aliphatic heterocycles. The molecule has 3 rings (SSSR count). The Morgan fingerprint density at radius 2 is 1.74 bits per heavy atom. The zero-order valence-electron chi connectivity index (χ0n) is 18.7. The third-order valence-electron chi connectivity index (χ3n) is 4.53. The van der Waals surface area contributed by atoms with Crippen molar-refractivity contribution in [2.75, 3.05) is 23.8 Å². The van der Waals surface area contributed by atoms with E-state index in [1.54, 1.807) is 66.7 Å². The van der Waals surface area contributed by atoms with Gasteiger partial charge in [0.1, 0.15) is 23.1 Å². The first-order chi connectivity index (χ1) is 16.9. The minimum atomic E-state index is -0.544.